The highest BCUT2D eigenvalue weighted by molar-refractivity contribution is 5.79. The molecule has 0 saturated carbocycles. The number of aryl methyl sites for hydroxylation is 1. The first-order valence-corrected chi connectivity index (χ1v) is 5.89. The fourth-order valence-electron chi connectivity index (χ4n) is 1.59. The zero-order valence-corrected chi connectivity index (χ0v) is 11.2. The Morgan fingerprint density at radius 1 is 1.41 bits per heavy atom. The van der Waals surface area contributed by atoms with Gasteiger partial charge in [-0.25, -0.2) is 0 Å². The molecule has 0 aliphatic heterocycles. The molecule has 2 N–H and O–H groups in total. The third-order valence-electron chi connectivity index (χ3n) is 3.22. The Balaban J connectivity index is 2.73. The predicted molar refractivity (Wildman–Crippen MR) is 70.8 cm³/mol. The zero-order chi connectivity index (χ0) is 13.1. The minimum Gasteiger partial charge on any atom is -0.339 e. The molecule has 0 spiro atoms. The fraction of sp³-hybridized carbons (Fsp3) is 0.500. The maximum absolute atomic E-state index is 12.1. The van der Waals surface area contributed by atoms with Gasteiger partial charge >= 0.3 is 0 Å². The van der Waals surface area contributed by atoms with Gasteiger partial charge in [-0.05, 0) is 26.3 Å². The second kappa shape index (κ2) is 5.32. The zero-order valence-electron chi connectivity index (χ0n) is 11.2. The number of likely N-dealkylation sites (N-methyl/N-ethyl adjacent to an activating group) is 1. The third kappa shape index (κ3) is 3.56. The summed E-state index contributed by atoms with van der Waals surface area (Å²) in [6.45, 7) is 6.44. The molecule has 1 rings (SSSR count). The van der Waals surface area contributed by atoms with Crippen LogP contribution in [0, 0.1) is 6.92 Å². The molecule has 0 saturated heterocycles. The van der Waals surface area contributed by atoms with Gasteiger partial charge in [0.2, 0.25) is 5.91 Å². The van der Waals surface area contributed by atoms with E-state index < -0.39 is 0 Å². The third-order valence-corrected chi connectivity index (χ3v) is 3.22. The summed E-state index contributed by atoms with van der Waals surface area (Å²) in [5.74, 6) is 0.103. The minimum absolute atomic E-state index is 0.103. The van der Waals surface area contributed by atoms with Crippen molar-refractivity contribution in [1.82, 2.24) is 4.90 Å². The lowest BCUT2D eigenvalue weighted by Gasteiger charge is -2.34. The molecule has 0 bridgehead atoms. The molecule has 0 radical (unpaired) electrons. The van der Waals surface area contributed by atoms with Gasteiger partial charge in [-0.1, -0.05) is 29.8 Å². The number of hydrogen-bond donors (Lipinski definition) is 1. The van der Waals surface area contributed by atoms with Crippen LogP contribution in [-0.2, 0) is 11.2 Å². The lowest BCUT2D eigenvalue weighted by molar-refractivity contribution is -0.133. The Morgan fingerprint density at radius 2 is 2.06 bits per heavy atom. The molecule has 0 fully saturated rings. The van der Waals surface area contributed by atoms with Gasteiger partial charge in [-0.3, -0.25) is 4.79 Å². The van der Waals surface area contributed by atoms with E-state index in [-0.39, 0.29) is 11.4 Å². The number of nitrogens with zero attached hydrogens (tertiary/aromatic N) is 1. The molecule has 0 atom stereocenters. The first kappa shape index (κ1) is 13.7. The average molecular weight is 234 g/mol. The van der Waals surface area contributed by atoms with Crippen LogP contribution in [0.25, 0.3) is 0 Å². The molecule has 1 aromatic carbocycles. The normalized spacial score (nSPS) is 11.4. The first-order valence-electron chi connectivity index (χ1n) is 5.89. The van der Waals surface area contributed by atoms with Gasteiger partial charge in [0.05, 0.1) is 6.42 Å². The monoisotopic (exact) mass is 234 g/mol. The lowest BCUT2D eigenvalue weighted by Crippen LogP contribution is -2.50. The molecule has 94 valence electrons. The van der Waals surface area contributed by atoms with E-state index in [0.29, 0.717) is 13.0 Å². The Hall–Kier alpha value is -1.35. The van der Waals surface area contributed by atoms with Crippen LogP contribution in [0.5, 0.6) is 0 Å². The summed E-state index contributed by atoms with van der Waals surface area (Å²) in [5.41, 5.74) is 7.61. The molecular weight excluding hydrogens is 212 g/mol. The quantitative estimate of drug-likeness (QED) is 0.862. The lowest BCUT2D eigenvalue weighted by atomic mass is 10.0. The maximum Gasteiger partial charge on any atom is 0.227 e. The molecule has 0 heterocycles. The van der Waals surface area contributed by atoms with Crippen LogP contribution in [0.2, 0.25) is 0 Å². The van der Waals surface area contributed by atoms with E-state index in [1.54, 1.807) is 4.90 Å². The Bertz CT molecular complexity index is 399. The van der Waals surface area contributed by atoms with E-state index in [2.05, 4.69) is 0 Å². The summed E-state index contributed by atoms with van der Waals surface area (Å²) in [4.78, 5) is 13.8. The number of rotatable bonds is 4. The van der Waals surface area contributed by atoms with Crippen LogP contribution in [0.15, 0.2) is 24.3 Å². The summed E-state index contributed by atoms with van der Waals surface area (Å²) < 4.78 is 0. The molecule has 0 aromatic heterocycles. The van der Waals surface area contributed by atoms with E-state index in [9.17, 15) is 4.79 Å². The number of nitrogens with two attached hydrogens (primary N) is 1. The largest absolute Gasteiger partial charge is 0.339 e. The van der Waals surface area contributed by atoms with Gasteiger partial charge in [0.15, 0.2) is 0 Å². The number of amides is 1. The smallest absolute Gasteiger partial charge is 0.227 e. The minimum atomic E-state index is -0.291. The highest BCUT2D eigenvalue weighted by Gasteiger charge is 2.25. The second-order valence-electron chi connectivity index (χ2n) is 5.14. The molecule has 0 unspecified atom stereocenters. The molecule has 1 amide bonds. The van der Waals surface area contributed by atoms with Gasteiger partial charge in [0.1, 0.15) is 0 Å². The van der Waals surface area contributed by atoms with Crippen LogP contribution in [0.3, 0.4) is 0 Å². The SMILES string of the molecule is Cc1cccc(CC(=O)N(C)C(C)(C)CN)c1. The molecular formula is C14H22N2O. The van der Waals surface area contributed by atoms with Gasteiger partial charge in [-0.15, -0.1) is 0 Å². The summed E-state index contributed by atoms with van der Waals surface area (Å²) in [6.07, 6.45) is 0.432. The van der Waals surface area contributed by atoms with Crippen molar-refractivity contribution in [3.63, 3.8) is 0 Å². The summed E-state index contributed by atoms with van der Waals surface area (Å²) in [5, 5.41) is 0. The number of hydrogen-bond acceptors (Lipinski definition) is 2. The van der Waals surface area contributed by atoms with Crippen molar-refractivity contribution in [2.75, 3.05) is 13.6 Å². The van der Waals surface area contributed by atoms with E-state index >= 15 is 0 Å². The Kier molecular flexibility index (Phi) is 4.29. The highest BCUT2D eigenvalue weighted by atomic mass is 16.2. The van der Waals surface area contributed by atoms with Crippen LogP contribution >= 0.6 is 0 Å². The molecule has 0 aliphatic rings. The number of carbonyl (C=O) groups is 1. The summed E-state index contributed by atoms with van der Waals surface area (Å²) in [6, 6.07) is 8.03. The van der Waals surface area contributed by atoms with E-state index in [1.807, 2.05) is 52.1 Å². The van der Waals surface area contributed by atoms with Crippen molar-refractivity contribution in [3.05, 3.63) is 35.4 Å². The second-order valence-corrected chi connectivity index (χ2v) is 5.14. The molecule has 17 heavy (non-hydrogen) atoms. The average Bonchev–Trinajstić information content (AvgIpc) is 2.28. The van der Waals surface area contributed by atoms with E-state index in [1.165, 1.54) is 5.56 Å². The van der Waals surface area contributed by atoms with Crippen LogP contribution in [0.4, 0.5) is 0 Å². The van der Waals surface area contributed by atoms with Gasteiger partial charge < -0.3 is 10.6 Å². The van der Waals surface area contributed by atoms with Crippen molar-refractivity contribution in [2.24, 2.45) is 5.73 Å². The molecule has 1 aromatic rings. The van der Waals surface area contributed by atoms with Gasteiger partial charge in [0, 0.05) is 19.1 Å². The molecule has 3 heteroatoms. The predicted octanol–water partition coefficient (Wildman–Crippen LogP) is 1.73. The highest BCUT2D eigenvalue weighted by Crippen LogP contribution is 2.13. The summed E-state index contributed by atoms with van der Waals surface area (Å²) in [7, 11) is 1.81. The maximum atomic E-state index is 12.1. The van der Waals surface area contributed by atoms with Crippen molar-refractivity contribution < 1.29 is 4.79 Å². The fourth-order valence-corrected chi connectivity index (χ4v) is 1.59. The van der Waals surface area contributed by atoms with Crippen LogP contribution < -0.4 is 5.73 Å². The Morgan fingerprint density at radius 3 is 2.59 bits per heavy atom. The Labute approximate surface area is 104 Å². The summed E-state index contributed by atoms with van der Waals surface area (Å²) >= 11 is 0. The number of carbonyl (C=O) groups excluding carboxylic acids is 1. The van der Waals surface area contributed by atoms with E-state index in [4.69, 9.17) is 5.73 Å². The van der Waals surface area contributed by atoms with Crippen molar-refractivity contribution in [2.45, 2.75) is 32.7 Å². The first-order chi connectivity index (χ1) is 7.86. The van der Waals surface area contributed by atoms with Gasteiger partial charge in [0.25, 0.3) is 0 Å². The standard InChI is InChI=1S/C14H22N2O/c1-11-6-5-7-12(8-11)9-13(17)16(4)14(2,3)10-15/h5-8H,9-10,15H2,1-4H3. The van der Waals surface area contributed by atoms with Crippen LogP contribution in [-0.4, -0.2) is 29.9 Å². The number of benzene rings is 1. The van der Waals surface area contributed by atoms with E-state index in [0.717, 1.165) is 5.56 Å². The van der Waals surface area contributed by atoms with Crippen molar-refractivity contribution >= 4 is 5.91 Å². The van der Waals surface area contributed by atoms with Crippen molar-refractivity contribution in [3.8, 4) is 0 Å². The van der Waals surface area contributed by atoms with Crippen molar-refractivity contribution in [1.29, 1.82) is 0 Å². The van der Waals surface area contributed by atoms with Crippen LogP contribution in [0.1, 0.15) is 25.0 Å². The molecule has 0 aliphatic carbocycles. The van der Waals surface area contributed by atoms with Gasteiger partial charge in [-0.2, -0.15) is 0 Å². The molecule has 3 nitrogen and oxygen atoms in total. The topological polar surface area (TPSA) is 46.3 Å².